The third kappa shape index (κ3) is 3.08. The number of aromatic nitrogens is 4. The summed E-state index contributed by atoms with van der Waals surface area (Å²) in [5, 5.41) is 2.42. The fourth-order valence-electron chi connectivity index (χ4n) is 5.17. The van der Waals surface area contributed by atoms with Crippen LogP contribution in [-0.4, -0.2) is 26.5 Å². The second-order valence-corrected chi connectivity index (χ2v) is 9.06. The van der Waals surface area contributed by atoms with Crippen LogP contribution in [0.2, 0.25) is 0 Å². The molecule has 32 heavy (non-hydrogen) atoms. The third-order valence-corrected chi connectivity index (χ3v) is 6.81. The van der Waals surface area contributed by atoms with Crippen molar-refractivity contribution in [1.29, 1.82) is 0 Å². The summed E-state index contributed by atoms with van der Waals surface area (Å²) >= 11 is 0. The number of nitrogens with zero attached hydrogens (tertiary/aromatic N) is 3. The lowest BCUT2D eigenvalue weighted by atomic mass is 9.91. The van der Waals surface area contributed by atoms with Crippen molar-refractivity contribution in [1.82, 2.24) is 19.9 Å². The van der Waals surface area contributed by atoms with Crippen LogP contribution in [0, 0.1) is 0 Å². The first-order valence-corrected chi connectivity index (χ1v) is 11.4. The Morgan fingerprint density at radius 1 is 1.03 bits per heavy atom. The predicted octanol–water partition coefficient (Wildman–Crippen LogP) is 5.91. The molecule has 1 aliphatic heterocycles. The molecular weight excluding hydrogens is 394 g/mol. The van der Waals surface area contributed by atoms with Gasteiger partial charge in [0.15, 0.2) is 0 Å². The second kappa shape index (κ2) is 7.52. The first kappa shape index (κ1) is 19.1. The minimum atomic E-state index is 0.182. The van der Waals surface area contributed by atoms with Crippen LogP contribution >= 0.6 is 0 Å². The zero-order chi connectivity index (χ0) is 21.7. The van der Waals surface area contributed by atoms with Gasteiger partial charge in [0.2, 0.25) is 0 Å². The van der Waals surface area contributed by atoms with E-state index in [9.17, 15) is 0 Å². The van der Waals surface area contributed by atoms with E-state index < -0.39 is 0 Å². The van der Waals surface area contributed by atoms with Crippen molar-refractivity contribution in [2.45, 2.75) is 38.6 Å². The molecule has 0 saturated heterocycles. The maximum Gasteiger partial charge on any atom is 0.142 e. The number of anilines is 1. The van der Waals surface area contributed by atoms with Gasteiger partial charge >= 0.3 is 0 Å². The monoisotopic (exact) mass is 421 g/mol. The molecule has 0 fully saturated rings. The molecule has 0 saturated carbocycles. The molecule has 0 radical (unpaired) electrons. The number of hydrogen-bond donors (Lipinski definition) is 2. The van der Waals surface area contributed by atoms with E-state index in [0.29, 0.717) is 5.92 Å². The number of aromatic amines is 2. The SMILES string of the molecule is CC(C)c1cccc(CC2c3[nH]c4ccccc4c3CCN2c2ncnc3[nH]ccc23)c1. The van der Waals surface area contributed by atoms with Gasteiger partial charge in [-0.1, -0.05) is 56.3 Å². The molecule has 5 heteroatoms. The quantitative estimate of drug-likeness (QED) is 0.379. The normalized spacial score (nSPS) is 16.2. The minimum absolute atomic E-state index is 0.182. The molecule has 5 aromatic rings. The maximum atomic E-state index is 4.75. The molecule has 4 heterocycles. The van der Waals surface area contributed by atoms with Crippen LogP contribution in [0.5, 0.6) is 0 Å². The first-order valence-electron chi connectivity index (χ1n) is 11.4. The lowest BCUT2D eigenvalue weighted by Gasteiger charge is -2.37. The van der Waals surface area contributed by atoms with Crippen LogP contribution in [0.1, 0.15) is 48.2 Å². The molecule has 1 aliphatic rings. The summed E-state index contributed by atoms with van der Waals surface area (Å²) in [6, 6.07) is 20.0. The Labute approximate surface area is 187 Å². The van der Waals surface area contributed by atoms with Crippen molar-refractivity contribution in [3.8, 4) is 0 Å². The van der Waals surface area contributed by atoms with Gasteiger partial charge in [-0.15, -0.1) is 0 Å². The summed E-state index contributed by atoms with van der Waals surface area (Å²) < 4.78 is 0. The number of fused-ring (bicyclic) bond motifs is 4. The Bertz CT molecular complexity index is 1410. The zero-order valence-corrected chi connectivity index (χ0v) is 18.5. The van der Waals surface area contributed by atoms with Gasteiger partial charge < -0.3 is 14.9 Å². The molecule has 0 bridgehead atoms. The van der Waals surface area contributed by atoms with Gasteiger partial charge in [-0.25, -0.2) is 9.97 Å². The van der Waals surface area contributed by atoms with E-state index in [0.717, 1.165) is 36.2 Å². The zero-order valence-electron chi connectivity index (χ0n) is 18.5. The van der Waals surface area contributed by atoms with Gasteiger partial charge in [-0.2, -0.15) is 0 Å². The van der Waals surface area contributed by atoms with Gasteiger partial charge in [-0.3, -0.25) is 0 Å². The van der Waals surface area contributed by atoms with Crippen molar-refractivity contribution in [3.63, 3.8) is 0 Å². The molecule has 1 atom stereocenters. The van der Waals surface area contributed by atoms with Crippen molar-refractivity contribution in [2.75, 3.05) is 11.4 Å². The molecule has 3 aromatic heterocycles. The van der Waals surface area contributed by atoms with E-state index in [4.69, 9.17) is 4.98 Å². The fourth-order valence-corrected chi connectivity index (χ4v) is 5.17. The highest BCUT2D eigenvalue weighted by molar-refractivity contribution is 5.89. The smallest absolute Gasteiger partial charge is 0.142 e. The molecule has 0 amide bonds. The molecule has 0 aliphatic carbocycles. The van der Waals surface area contributed by atoms with Gasteiger partial charge in [0, 0.05) is 29.3 Å². The number of rotatable bonds is 4. The van der Waals surface area contributed by atoms with E-state index >= 15 is 0 Å². The highest BCUT2D eigenvalue weighted by atomic mass is 15.2. The van der Waals surface area contributed by atoms with Crippen LogP contribution < -0.4 is 4.90 Å². The van der Waals surface area contributed by atoms with Crippen molar-refractivity contribution >= 4 is 27.8 Å². The van der Waals surface area contributed by atoms with Crippen molar-refractivity contribution < 1.29 is 0 Å². The molecule has 2 aromatic carbocycles. The number of H-pyrrole nitrogens is 2. The largest absolute Gasteiger partial charge is 0.356 e. The Morgan fingerprint density at radius 3 is 2.84 bits per heavy atom. The summed E-state index contributed by atoms with van der Waals surface area (Å²) in [5.74, 6) is 1.52. The van der Waals surface area contributed by atoms with Crippen LogP contribution in [0.3, 0.4) is 0 Å². The topological polar surface area (TPSA) is 60.6 Å². The molecule has 6 rings (SSSR count). The van der Waals surface area contributed by atoms with Crippen molar-refractivity contribution in [2.24, 2.45) is 0 Å². The van der Waals surface area contributed by atoms with E-state index in [1.807, 2.05) is 6.20 Å². The number of benzene rings is 2. The summed E-state index contributed by atoms with van der Waals surface area (Å²) in [4.78, 5) is 18.6. The molecule has 1 unspecified atom stereocenters. The summed E-state index contributed by atoms with van der Waals surface area (Å²) in [5.41, 5.74) is 7.61. The minimum Gasteiger partial charge on any atom is -0.356 e. The van der Waals surface area contributed by atoms with Crippen LogP contribution in [0.25, 0.3) is 21.9 Å². The average Bonchev–Trinajstić information content (AvgIpc) is 3.44. The average molecular weight is 422 g/mol. The highest BCUT2D eigenvalue weighted by Gasteiger charge is 2.32. The van der Waals surface area contributed by atoms with Gasteiger partial charge in [0.25, 0.3) is 0 Å². The number of hydrogen-bond acceptors (Lipinski definition) is 3. The van der Waals surface area contributed by atoms with E-state index in [1.54, 1.807) is 6.33 Å². The molecule has 160 valence electrons. The Morgan fingerprint density at radius 2 is 1.94 bits per heavy atom. The first-order chi connectivity index (χ1) is 15.7. The lowest BCUT2D eigenvalue weighted by molar-refractivity contribution is 0.566. The Balaban J connectivity index is 1.50. The van der Waals surface area contributed by atoms with Crippen LogP contribution in [0.4, 0.5) is 5.82 Å². The maximum absolute atomic E-state index is 4.75. The lowest BCUT2D eigenvalue weighted by Crippen LogP contribution is -2.37. The van der Waals surface area contributed by atoms with Crippen LogP contribution in [-0.2, 0) is 12.8 Å². The van der Waals surface area contributed by atoms with Crippen LogP contribution in [0.15, 0.2) is 67.1 Å². The molecular formula is C27H27N5. The predicted molar refractivity (Wildman–Crippen MR) is 130 cm³/mol. The third-order valence-electron chi connectivity index (χ3n) is 6.81. The number of para-hydroxylation sites is 1. The van der Waals surface area contributed by atoms with E-state index in [2.05, 4.69) is 88.3 Å². The van der Waals surface area contributed by atoms with Gasteiger partial charge in [0.05, 0.1) is 11.4 Å². The van der Waals surface area contributed by atoms with Gasteiger partial charge in [0.1, 0.15) is 17.8 Å². The Hall–Kier alpha value is -3.60. The molecule has 5 nitrogen and oxygen atoms in total. The second-order valence-electron chi connectivity index (χ2n) is 9.06. The summed E-state index contributed by atoms with van der Waals surface area (Å²) in [6.07, 6.45) is 5.54. The fraction of sp³-hybridized carbons (Fsp3) is 0.259. The van der Waals surface area contributed by atoms with E-state index in [1.165, 1.54) is 33.3 Å². The summed E-state index contributed by atoms with van der Waals surface area (Å²) in [6.45, 7) is 5.44. The van der Waals surface area contributed by atoms with Crippen molar-refractivity contribution in [3.05, 3.63) is 89.5 Å². The molecule has 0 spiro atoms. The summed E-state index contributed by atoms with van der Waals surface area (Å²) in [7, 11) is 0. The van der Waals surface area contributed by atoms with Gasteiger partial charge in [-0.05, 0) is 47.6 Å². The Kier molecular flexibility index (Phi) is 4.49. The standard InChI is InChI=1S/C27H27N5/c1-17(2)19-7-5-6-18(14-19)15-24-25-21(20-8-3-4-9-23(20)31-25)11-13-32(24)27-22-10-12-28-26(22)29-16-30-27/h3-10,12,14,16-17,24,31H,11,13,15H2,1-2H3,(H,28,29,30). The number of nitrogens with one attached hydrogen (secondary N) is 2. The molecule has 2 N–H and O–H groups in total. The van der Waals surface area contributed by atoms with E-state index in [-0.39, 0.29) is 6.04 Å². The highest BCUT2D eigenvalue weighted by Crippen LogP contribution is 2.40.